The van der Waals surface area contributed by atoms with Gasteiger partial charge in [0.2, 0.25) is 11.2 Å². The van der Waals surface area contributed by atoms with Crippen molar-refractivity contribution in [1.29, 1.82) is 0 Å². The van der Waals surface area contributed by atoms with Crippen molar-refractivity contribution in [3.8, 4) is 5.75 Å². The molecule has 90 heavy (non-hydrogen) atoms. The number of benzene rings is 1. The number of carbonyl (C=O) groups is 3. The molecular formula is C66H105N3O21. The molecule has 2 aromatic rings. The maximum absolute atomic E-state index is 14.9. The number of oxime groups is 1. The molecule has 3 saturated heterocycles. The SMILES string of the molecule is CC[C@H]1OC(=O)[C@H](C)[C@@H](OC2C[C@@](C)(OC)[C@@H](OC(=O)CCOCCOCCOc3ccc4c(=O)c(C(=O)O)cn(C5CC5)c4c3)[C@H](C)O2)[C@H](C)[C@@H](OC2O[C@H](C)C[C@H](N(C)C)[C@H]2O)[C@](C)(O)C[C@@H](C)/C(=N\OC2(OC(C)C)CCCCC2)[C@H](C)[C@@H](O)[C@]1(C)O. The number of hydrogen-bond acceptors (Lipinski definition) is 22. The molecule has 24 nitrogen and oxygen atoms in total. The van der Waals surface area contributed by atoms with Crippen LogP contribution in [-0.4, -0.2) is 209 Å². The van der Waals surface area contributed by atoms with Gasteiger partial charge in [-0.3, -0.25) is 14.4 Å². The minimum absolute atomic E-state index is 0.00595. The number of nitrogens with zero attached hydrogens (tertiary/aromatic N) is 3. The summed E-state index contributed by atoms with van der Waals surface area (Å²) in [4.78, 5) is 61.4. The van der Waals surface area contributed by atoms with Crippen LogP contribution in [0.2, 0.25) is 0 Å². The first-order chi connectivity index (χ1) is 42.4. The van der Waals surface area contributed by atoms with Crippen molar-refractivity contribution in [2.75, 3.05) is 54.2 Å². The third-order valence-electron chi connectivity index (χ3n) is 19.0. The maximum Gasteiger partial charge on any atom is 0.341 e. The Bertz CT molecular complexity index is 2780. The number of methoxy groups -OCH3 is 1. The van der Waals surface area contributed by atoms with Crippen molar-refractivity contribution >= 4 is 34.5 Å². The summed E-state index contributed by atoms with van der Waals surface area (Å²) in [6.07, 6.45) is -3.62. The number of ether oxygens (including phenoxy) is 11. The highest BCUT2D eigenvalue weighted by atomic mass is 16.8. The summed E-state index contributed by atoms with van der Waals surface area (Å²) in [5, 5.41) is 64.7. The average Bonchev–Trinajstić information content (AvgIpc) is 1.89. The first-order valence-corrected chi connectivity index (χ1v) is 32.6. The zero-order valence-electron chi connectivity index (χ0n) is 55.8. The smallest absolute Gasteiger partial charge is 0.341 e. The molecule has 1 aromatic heterocycles. The Hall–Kier alpha value is -4.41. The highest BCUT2D eigenvalue weighted by molar-refractivity contribution is 5.93. The summed E-state index contributed by atoms with van der Waals surface area (Å²) in [6.45, 7) is 21.8. The van der Waals surface area contributed by atoms with E-state index in [1.807, 2.05) is 51.3 Å². The summed E-state index contributed by atoms with van der Waals surface area (Å²) in [7, 11) is 5.21. The number of esters is 2. The molecule has 2 aliphatic carbocycles. The van der Waals surface area contributed by atoms with Crippen LogP contribution in [0.25, 0.3) is 10.9 Å². The van der Waals surface area contributed by atoms with Gasteiger partial charge in [-0.2, -0.15) is 0 Å². The lowest BCUT2D eigenvalue weighted by molar-refractivity contribution is -0.318. The quantitative estimate of drug-likeness (QED) is 0.0304. The summed E-state index contributed by atoms with van der Waals surface area (Å²) >= 11 is 0. The number of carbonyl (C=O) groups excluding carboxylic acids is 2. The highest BCUT2D eigenvalue weighted by Gasteiger charge is 2.55. The first kappa shape index (κ1) is 73.0. The van der Waals surface area contributed by atoms with E-state index >= 15 is 0 Å². The number of aliphatic hydroxyl groups excluding tert-OH is 2. The Kier molecular flexibility index (Phi) is 25.3. The topological polar surface area (TPSA) is 301 Å². The van der Waals surface area contributed by atoms with Gasteiger partial charge in [-0.25, -0.2) is 4.79 Å². The lowest BCUT2D eigenvalue weighted by Crippen LogP contribution is -2.61. The second kappa shape index (κ2) is 31.2. The van der Waals surface area contributed by atoms with E-state index in [1.165, 1.54) is 20.2 Å². The summed E-state index contributed by atoms with van der Waals surface area (Å²) in [5.74, 6) is -6.84. The van der Waals surface area contributed by atoms with E-state index in [2.05, 4.69) is 0 Å². The molecule has 24 heteroatoms. The second-order valence-corrected chi connectivity index (χ2v) is 27.1. The average molecular weight is 1280 g/mol. The van der Waals surface area contributed by atoms with Gasteiger partial charge in [0.25, 0.3) is 0 Å². The van der Waals surface area contributed by atoms with Crippen LogP contribution >= 0.6 is 0 Å². The van der Waals surface area contributed by atoms with E-state index in [-0.39, 0.29) is 88.6 Å². The van der Waals surface area contributed by atoms with Gasteiger partial charge in [0.15, 0.2) is 18.7 Å². The Morgan fingerprint density at radius 2 is 1.53 bits per heavy atom. The summed E-state index contributed by atoms with van der Waals surface area (Å²) in [6, 6.07) is 4.69. The van der Waals surface area contributed by atoms with Gasteiger partial charge < -0.3 is 91.9 Å². The Morgan fingerprint density at radius 3 is 2.16 bits per heavy atom. The molecule has 0 bridgehead atoms. The van der Waals surface area contributed by atoms with Gasteiger partial charge in [-0.05, 0) is 127 Å². The number of fused-ring (bicyclic) bond motifs is 1. The zero-order valence-corrected chi connectivity index (χ0v) is 55.8. The molecule has 18 atom stereocenters. The molecule has 5 aliphatic rings. The van der Waals surface area contributed by atoms with E-state index < -0.39 is 125 Å². The lowest BCUT2D eigenvalue weighted by Gasteiger charge is -2.49. The van der Waals surface area contributed by atoms with Gasteiger partial charge in [-0.15, -0.1) is 0 Å². The van der Waals surface area contributed by atoms with Crippen LogP contribution in [0.4, 0.5) is 0 Å². The fraction of sp³-hybridized carbons (Fsp3) is 0.803. The van der Waals surface area contributed by atoms with E-state index in [0.29, 0.717) is 41.6 Å². The van der Waals surface area contributed by atoms with Crippen LogP contribution < -0.4 is 10.2 Å². The molecule has 5 fully saturated rings. The molecule has 4 heterocycles. The molecule has 2 unspecified atom stereocenters. The second-order valence-electron chi connectivity index (χ2n) is 27.1. The third kappa shape index (κ3) is 17.7. The monoisotopic (exact) mass is 1280 g/mol. The molecule has 510 valence electrons. The highest BCUT2D eigenvalue weighted by Crippen LogP contribution is 2.43. The number of carboxylic acids is 1. The van der Waals surface area contributed by atoms with E-state index in [4.69, 9.17) is 62.1 Å². The number of pyridine rings is 1. The van der Waals surface area contributed by atoms with Gasteiger partial charge >= 0.3 is 17.9 Å². The zero-order chi connectivity index (χ0) is 66.2. The standard InChI is InChI=1S/C66H105N3O21/c1-16-50-65(12,78)57(73)40(6)53(67-90-66(89-37(2)3)25-18-17-19-26-66)38(4)34-63(10,77)58(88-62-55(72)49(68(13)14)32-39(5)83-62)41(7)56(42(8)61(76)85-50)87-52-35-64(11,79-15)59(43(9)84-52)86-51(70)24-27-80-28-29-81-30-31-82-45-22-23-46-48(33-45)69(44-20-21-44)36-47(54(46)71)60(74)75/h22-23,33,36-44,49-50,52,55-59,62,72-73,77-78H,16-21,24-32,34-35H2,1-15H3,(H,74,75)/b67-53+/t38-,39-,40+,41+,42-,43+,49+,50-,52?,55-,56+,57-,58-,59+,62?,63-,64-,65-/m1/s1. The number of aromatic nitrogens is 1. The number of hydrogen-bond donors (Lipinski definition) is 5. The van der Waals surface area contributed by atoms with Crippen LogP contribution in [-0.2, 0) is 61.8 Å². The van der Waals surface area contributed by atoms with Gasteiger partial charge in [0, 0.05) is 73.9 Å². The molecule has 0 amide bonds. The molecule has 0 spiro atoms. The number of aliphatic hydroxyl groups is 4. The lowest BCUT2D eigenvalue weighted by atomic mass is 9.73. The van der Waals surface area contributed by atoms with E-state index in [1.54, 1.807) is 66.7 Å². The molecule has 7 rings (SSSR count). The number of likely N-dealkylation sites (N-methyl/N-ethyl adjacent to an activating group) is 1. The molecule has 1 aromatic carbocycles. The fourth-order valence-electron chi connectivity index (χ4n) is 13.8. The summed E-state index contributed by atoms with van der Waals surface area (Å²) < 4.78 is 70.9. The Morgan fingerprint density at radius 1 is 0.867 bits per heavy atom. The minimum Gasteiger partial charge on any atom is -0.491 e. The van der Waals surface area contributed by atoms with Crippen LogP contribution in [0.3, 0.4) is 0 Å². The number of cyclic esters (lactones) is 1. The van der Waals surface area contributed by atoms with E-state index in [0.717, 1.165) is 32.1 Å². The van der Waals surface area contributed by atoms with Gasteiger partial charge in [0.05, 0.1) is 92.2 Å². The molecule has 5 N–H and O–H groups in total. The minimum atomic E-state index is -2.03. The van der Waals surface area contributed by atoms with Crippen LogP contribution in [0, 0.1) is 23.7 Å². The van der Waals surface area contributed by atoms with Crippen LogP contribution in [0.15, 0.2) is 34.3 Å². The molecular weight excluding hydrogens is 1170 g/mol. The Labute approximate surface area is 530 Å². The number of aromatic carboxylic acids is 1. The number of rotatable bonds is 24. The Balaban J connectivity index is 1.05. The van der Waals surface area contributed by atoms with Crippen LogP contribution in [0.1, 0.15) is 177 Å². The van der Waals surface area contributed by atoms with Crippen molar-refractivity contribution in [3.05, 3.63) is 40.2 Å². The van der Waals surface area contributed by atoms with E-state index in [9.17, 15) is 44.7 Å². The number of carboxylic acid groups (broad SMARTS) is 1. The van der Waals surface area contributed by atoms with Crippen molar-refractivity contribution < 1.29 is 96.9 Å². The van der Waals surface area contributed by atoms with Crippen molar-refractivity contribution in [2.45, 2.75) is 262 Å². The fourth-order valence-corrected chi connectivity index (χ4v) is 13.8. The molecule has 2 saturated carbocycles. The van der Waals surface area contributed by atoms with Crippen molar-refractivity contribution in [1.82, 2.24) is 9.47 Å². The normalized spacial score (nSPS) is 36.1. The van der Waals surface area contributed by atoms with Crippen LogP contribution in [0.5, 0.6) is 5.75 Å². The molecule has 0 radical (unpaired) electrons. The van der Waals surface area contributed by atoms with Gasteiger partial charge in [0.1, 0.15) is 41.3 Å². The summed E-state index contributed by atoms with van der Waals surface area (Å²) in [5.41, 5.74) is -4.97. The predicted molar refractivity (Wildman–Crippen MR) is 331 cm³/mol. The molecule has 3 aliphatic heterocycles. The van der Waals surface area contributed by atoms with Crippen molar-refractivity contribution in [2.24, 2.45) is 28.8 Å². The van der Waals surface area contributed by atoms with Crippen molar-refractivity contribution in [3.63, 3.8) is 0 Å². The first-order valence-electron chi connectivity index (χ1n) is 32.6. The maximum atomic E-state index is 14.9. The largest absolute Gasteiger partial charge is 0.491 e. The third-order valence-corrected chi connectivity index (χ3v) is 19.0. The van der Waals surface area contributed by atoms with Gasteiger partial charge in [-0.1, -0.05) is 39.3 Å². The predicted octanol–water partition coefficient (Wildman–Crippen LogP) is 7.08.